The molecular weight excluding hydrogens is 516 g/mol. The summed E-state index contributed by atoms with van der Waals surface area (Å²) < 4.78 is 5.40. The predicted octanol–water partition coefficient (Wildman–Crippen LogP) is 5.51. The number of nitrogens with zero attached hydrogens (tertiary/aromatic N) is 2. The molecule has 8 nitrogen and oxygen atoms in total. The lowest BCUT2D eigenvalue weighted by Crippen LogP contribution is -2.58. The van der Waals surface area contributed by atoms with Gasteiger partial charge in [0, 0.05) is 37.8 Å². The normalized spacial score (nSPS) is 15.3. The van der Waals surface area contributed by atoms with Crippen LogP contribution in [0, 0.1) is 11.8 Å². The smallest absolute Gasteiger partial charge is 0.408 e. The number of alkyl carbamates (subject to hydrolysis) is 1. The van der Waals surface area contributed by atoms with Gasteiger partial charge in [0.05, 0.1) is 0 Å². The first-order chi connectivity index (χ1) is 19.5. The topological polar surface area (TPSA) is 91.0 Å². The summed E-state index contributed by atoms with van der Waals surface area (Å²) in [6, 6.07) is 17.1. The van der Waals surface area contributed by atoms with Crippen LogP contribution < -0.4 is 15.5 Å². The zero-order valence-corrected chi connectivity index (χ0v) is 25.6. The molecule has 0 saturated heterocycles. The standard InChI is InChI=1S/C33H48N4O4/c1-23(2)16-17-30(38)31(36-18-19-37(25(5)6)29-15-11-10-14-27(29)21-36)35-32(39)28(20-24(3)4)34-33(40)41-22-26-12-8-7-9-13-26/h7-15,23-25,28,31H,16-22H2,1-6H3,(H,34,40)(H,35,39)/t28-,31?/m0/s1. The van der Waals surface area contributed by atoms with E-state index in [4.69, 9.17) is 4.74 Å². The monoisotopic (exact) mass is 564 g/mol. The van der Waals surface area contributed by atoms with Crippen LogP contribution >= 0.6 is 0 Å². The quantitative estimate of drug-likeness (QED) is 0.334. The number of anilines is 1. The van der Waals surface area contributed by atoms with Crippen molar-refractivity contribution in [1.82, 2.24) is 15.5 Å². The molecule has 2 amide bonds. The van der Waals surface area contributed by atoms with Crippen molar-refractivity contribution in [2.75, 3.05) is 18.0 Å². The Morgan fingerprint density at radius 2 is 1.54 bits per heavy atom. The zero-order valence-electron chi connectivity index (χ0n) is 25.6. The molecule has 1 aliphatic rings. The Labute approximate surface area is 245 Å². The molecule has 2 atom stereocenters. The van der Waals surface area contributed by atoms with Crippen LogP contribution in [-0.2, 0) is 27.5 Å². The minimum atomic E-state index is -0.829. The number of benzene rings is 2. The average Bonchev–Trinajstić information content (AvgIpc) is 3.13. The maximum Gasteiger partial charge on any atom is 0.408 e. The number of ketones is 1. The first-order valence-electron chi connectivity index (χ1n) is 14.9. The molecule has 0 fully saturated rings. The van der Waals surface area contributed by atoms with Crippen molar-refractivity contribution in [3.63, 3.8) is 0 Å². The van der Waals surface area contributed by atoms with E-state index in [0.29, 0.717) is 37.9 Å². The molecule has 2 N–H and O–H groups in total. The first-order valence-corrected chi connectivity index (χ1v) is 14.9. The summed E-state index contributed by atoms with van der Waals surface area (Å²) in [4.78, 5) is 44.5. The number of Topliss-reactive ketones (excluding diaryl/α,β-unsaturated/α-hetero) is 1. The Kier molecular flexibility index (Phi) is 12.2. The number of para-hydroxylation sites is 1. The number of rotatable bonds is 13. The van der Waals surface area contributed by atoms with E-state index >= 15 is 0 Å². The van der Waals surface area contributed by atoms with Gasteiger partial charge in [0.2, 0.25) is 5.91 Å². The van der Waals surface area contributed by atoms with Crippen LogP contribution in [0.5, 0.6) is 0 Å². The molecule has 0 aliphatic carbocycles. The van der Waals surface area contributed by atoms with Gasteiger partial charge < -0.3 is 20.3 Å². The highest BCUT2D eigenvalue weighted by Crippen LogP contribution is 2.27. The lowest BCUT2D eigenvalue weighted by molar-refractivity contribution is -0.133. The number of hydrogen-bond donors (Lipinski definition) is 2. The van der Waals surface area contributed by atoms with E-state index in [0.717, 1.165) is 29.8 Å². The second-order valence-electron chi connectivity index (χ2n) is 12.1. The third-order valence-corrected chi connectivity index (χ3v) is 7.37. The summed E-state index contributed by atoms with van der Waals surface area (Å²) in [6.45, 7) is 14.5. The Hall–Kier alpha value is -3.39. The van der Waals surface area contributed by atoms with Crippen molar-refractivity contribution in [2.45, 2.75) is 92.2 Å². The van der Waals surface area contributed by atoms with Gasteiger partial charge in [-0.15, -0.1) is 0 Å². The first kappa shape index (κ1) is 32.1. The fourth-order valence-electron chi connectivity index (χ4n) is 5.12. The van der Waals surface area contributed by atoms with Crippen LogP contribution in [-0.4, -0.2) is 54.0 Å². The van der Waals surface area contributed by atoms with Gasteiger partial charge in [-0.05, 0) is 55.7 Å². The molecule has 0 aromatic heterocycles. The maximum atomic E-state index is 13.7. The van der Waals surface area contributed by atoms with Gasteiger partial charge in [-0.25, -0.2) is 4.79 Å². The Bertz CT molecular complexity index is 1140. The van der Waals surface area contributed by atoms with Gasteiger partial charge in [0.25, 0.3) is 0 Å². The van der Waals surface area contributed by atoms with Gasteiger partial charge >= 0.3 is 6.09 Å². The van der Waals surface area contributed by atoms with Crippen LogP contribution in [0.15, 0.2) is 54.6 Å². The number of carbonyl (C=O) groups is 3. The van der Waals surface area contributed by atoms with Gasteiger partial charge in [0.15, 0.2) is 5.78 Å². The molecule has 224 valence electrons. The SMILES string of the molecule is CC(C)CCC(=O)C(NC(=O)[C@H](CC(C)C)NC(=O)OCc1ccccc1)N1CCN(C(C)C)c2ccccc2C1. The maximum absolute atomic E-state index is 13.7. The van der Waals surface area contributed by atoms with Crippen LogP contribution in [0.4, 0.5) is 10.5 Å². The number of fused-ring (bicyclic) bond motifs is 1. The molecular formula is C33H48N4O4. The van der Waals surface area contributed by atoms with Crippen molar-refractivity contribution >= 4 is 23.5 Å². The molecule has 41 heavy (non-hydrogen) atoms. The fraction of sp³-hybridized carbons (Fsp3) is 0.545. The molecule has 8 heteroatoms. The minimum Gasteiger partial charge on any atom is -0.445 e. The van der Waals surface area contributed by atoms with Crippen molar-refractivity contribution in [3.8, 4) is 0 Å². The van der Waals surface area contributed by atoms with Crippen molar-refractivity contribution < 1.29 is 19.1 Å². The predicted molar refractivity (Wildman–Crippen MR) is 163 cm³/mol. The van der Waals surface area contributed by atoms with E-state index in [9.17, 15) is 14.4 Å². The van der Waals surface area contributed by atoms with E-state index in [1.807, 2.05) is 56.3 Å². The van der Waals surface area contributed by atoms with Crippen LogP contribution in [0.2, 0.25) is 0 Å². The molecule has 3 rings (SSSR count). The summed E-state index contributed by atoms with van der Waals surface area (Å²) in [5.74, 6) is 0.111. The molecule has 1 aliphatic heterocycles. The summed E-state index contributed by atoms with van der Waals surface area (Å²) in [6.07, 6.45) is 0.0821. The molecule has 2 aromatic rings. The Morgan fingerprint density at radius 1 is 0.854 bits per heavy atom. The largest absolute Gasteiger partial charge is 0.445 e. The zero-order chi connectivity index (χ0) is 29.9. The second-order valence-corrected chi connectivity index (χ2v) is 12.1. The second kappa shape index (κ2) is 15.6. The highest BCUT2D eigenvalue weighted by molar-refractivity contribution is 5.92. The summed E-state index contributed by atoms with van der Waals surface area (Å²) in [5, 5.41) is 5.80. The Morgan fingerprint density at radius 3 is 2.20 bits per heavy atom. The van der Waals surface area contributed by atoms with Crippen LogP contribution in [0.1, 0.15) is 71.9 Å². The summed E-state index contributed by atoms with van der Waals surface area (Å²) in [7, 11) is 0. The fourth-order valence-corrected chi connectivity index (χ4v) is 5.12. The molecule has 0 radical (unpaired) electrons. The van der Waals surface area contributed by atoms with Gasteiger partial charge in [-0.3, -0.25) is 14.5 Å². The van der Waals surface area contributed by atoms with Crippen LogP contribution in [0.25, 0.3) is 0 Å². The third-order valence-electron chi connectivity index (χ3n) is 7.37. The molecule has 0 spiro atoms. The molecule has 1 unspecified atom stereocenters. The van der Waals surface area contributed by atoms with E-state index in [2.05, 4.69) is 60.3 Å². The number of hydrogen-bond acceptors (Lipinski definition) is 6. The van der Waals surface area contributed by atoms with Gasteiger partial charge in [-0.2, -0.15) is 0 Å². The van der Waals surface area contributed by atoms with Gasteiger partial charge in [-0.1, -0.05) is 76.2 Å². The minimum absolute atomic E-state index is 0.0162. The molecule has 2 aromatic carbocycles. The van der Waals surface area contributed by atoms with E-state index in [-0.39, 0.29) is 24.2 Å². The van der Waals surface area contributed by atoms with Gasteiger partial charge in [0.1, 0.15) is 18.8 Å². The number of amides is 2. The lowest BCUT2D eigenvalue weighted by atomic mass is 10.0. The van der Waals surface area contributed by atoms with E-state index in [1.165, 1.54) is 0 Å². The average molecular weight is 565 g/mol. The van der Waals surface area contributed by atoms with E-state index < -0.39 is 18.3 Å². The highest BCUT2D eigenvalue weighted by Gasteiger charge is 2.33. The summed E-state index contributed by atoms with van der Waals surface area (Å²) >= 11 is 0. The third kappa shape index (κ3) is 9.88. The van der Waals surface area contributed by atoms with Crippen molar-refractivity contribution in [3.05, 3.63) is 65.7 Å². The number of ether oxygens (including phenoxy) is 1. The van der Waals surface area contributed by atoms with Crippen LogP contribution in [0.3, 0.4) is 0 Å². The highest BCUT2D eigenvalue weighted by atomic mass is 16.5. The molecule has 1 heterocycles. The van der Waals surface area contributed by atoms with Crippen molar-refractivity contribution in [1.29, 1.82) is 0 Å². The van der Waals surface area contributed by atoms with E-state index in [1.54, 1.807) is 0 Å². The summed E-state index contributed by atoms with van der Waals surface area (Å²) in [5.41, 5.74) is 3.14. The number of nitrogens with one attached hydrogen (secondary N) is 2. The Balaban J connectivity index is 1.79. The molecule has 0 bridgehead atoms. The molecule has 0 saturated carbocycles. The lowest BCUT2D eigenvalue weighted by Gasteiger charge is -2.32. The number of carbonyl (C=O) groups excluding carboxylic acids is 3. The van der Waals surface area contributed by atoms with Crippen molar-refractivity contribution in [2.24, 2.45) is 11.8 Å².